The molecule has 0 saturated heterocycles. The minimum Gasteiger partial charge on any atom is -0.0655 e. The molecule has 2 aromatic carbocycles. The van der Waals surface area contributed by atoms with Crippen LogP contribution in [0, 0.1) is 13.8 Å². The van der Waals surface area contributed by atoms with Crippen LogP contribution in [0.1, 0.15) is 35.6 Å². The molecule has 3 rings (SSSR count). The van der Waals surface area contributed by atoms with Gasteiger partial charge in [-0.25, -0.2) is 0 Å². The fourth-order valence-corrected chi connectivity index (χ4v) is 2.89. The molecule has 0 N–H and O–H groups in total. The lowest BCUT2D eigenvalue weighted by Gasteiger charge is -2.10. The highest BCUT2D eigenvalue weighted by molar-refractivity contribution is 5.81. The van der Waals surface area contributed by atoms with Gasteiger partial charge >= 0.3 is 0 Å². The quantitative estimate of drug-likeness (QED) is 0.674. The fourth-order valence-electron chi connectivity index (χ4n) is 2.89. The van der Waals surface area contributed by atoms with Crippen molar-refractivity contribution >= 4 is 6.08 Å². The third-order valence-corrected chi connectivity index (χ3v) is 3.99. The van der Waals surface area contributed by atoms with Crippen molar-refractivity contribution in [2.45, 2.75) is 33.6 Å². The molecule has 0 saturated carbocycles. The van der Waals surface area contributed by atoms with Crippen molar-refractivity contribution in [3.63, 3.8) is 0 Å². The first-order valence-electron chi connectivity index (χ1n) is 7.07. The first-order chi connectivity index (χ1) is 9.17. The van der Waals surface area contributed by atoms with Crippen LogP contribution in [-0.4, -0.2) is 0 Å². The zero-order chi connectivity index (χ0) is 13.4. The Morgan fingerprint density at radius 2 is 1.68 bits per heavy atom. The highest BCUT2D eigenvalue weighted by atomic mass is 14.2. The van der Waals surface area contributed by atoms with Crippen molar-refractivity contribution < 1.29 is 0 Å². The SMILES string of the molecule is CCC1=Cc2c(cc(C)cc2-c2ccc(C)cc2)C1. The summed E-state index contributed by atoms with van der Waals surface area (Å²) >= 11 is 0. The van der Waals surface area contributed by atoms with Crippen molar-refractivity contribution in [1.82, 2.24) is 0 Å². The number of benzene rings is 2. The van der Waals surface area contributed by atoms with Gasteiger partial charge in [-0.3, -0.25) is 0 Å². The average molecular weight is 248 g/mol. The zero-order valence-electron chi connectivity index (χ0n) is 12.0. The van der Waals surface area contributed by atoms with Gasteiger partial charge in [-0.1, -0.05) is 66.1 Å². The molecular weight excluding hydrogens is 228 g/mol. The summed E-state index contributed by atoms with van der Waals surface area (Å²) in [5.41, 5.74) is 9.88. The maximum Gasteiger partial charge on any atom is -0.00576 e. The van der Waals surface area contributed by atoms with Gasteiger partial charge in [0.1, 0.15) is 0 Å². The maximum atomic E-state index is 2.39. The summed E-state index contributed by atoms with van der Waals surface area (Å²) in [6, 6.07) is 13.5. The minimum atomic E-state index is 1.13. The van der Waals surface area contributed by atoms with Crippen LogP contribution in [0.3, 0.4) is 0 Å². The van der Waals surface area contributed by atoms with Gasteiger partial charge in [-0.15, -0.1) is 0 Å². The third kappa shape index (κ3) is 2.23. The molecule has 0 aliphatic heterocycles. The molecule has 0 heteroatoms. The fraction of sp³-hybridized carbons (Fsp3) is 0.263. The van der Waals surface area contributed by atoms with E-state index in [4.69, 9.17) is 0 Å². The molecule has 0 atom stereocenters. The Labute approximate surface area is 115 Å². The van der Waals surface area contributed by atoms with Gasteiger partial charge in [-0.05, 0) is 48.9 Å². The lowest BCUT2D eigenvalue weighted by atomic mass is 9.94. The monoisotopic (exact) mass is 248 g/mol. The second-order valence-corrected chi connectivity index (χ2v) is 5.58. The van der Waals surface area contributed by atoms with E-state index in [2.05, 4.69) is 63.2 Å². The first kappa shape index (κ1) is 12.2. The van der Waals surface area contributed by atoms with Crippen LogP contribution in [0.2, 0.25) is 0 Å². The third-order valence-electron chi connectivity index (χ3n) is 3.99. The van der Waals surface area contributed by atoms with Gasteiger partial charge in [-0.2, -0.15) is 0 Å². The number of rotatable bonds is 2. The van der Waals surface area contributed by atoms with Crippen molar-refractivity contribution in [2.24, 2.45) is 0 Å². The smallest absolute Gasteiger partial charge is 0.00576 e. The van der Waals surface area contributed by atoms with E-state index in [1.165, 1.54) is 33.4 Å². The standard InChI is InChI=1S/C19H20/c1-4-15-11-17-9-14(3)10-18(19(17)12-15)16-7-5-13(2)6-8-16/h5-10,12H,4,11H2,1-3H3. The molecule has 0 fully saturated rings. The van der Waals surface area contributed by atoms with E-state index in [1.54, 1.807) is 5.57 Å². The molecule has 0 bridgehead atoms. The molecule has 0 spiro atoms. The molecule has 2 aromatic rings. The summed E-state index contributed by atoms with van der Waals surface area (Å²) in [4.78, 5) is 0. The Bertz CT molecular complexity index is 642. The first-order valence-corrected chi connectivity index (χ1v) is 7.07. The molecule has 96 valence electrons. The largest absolute Gasteiger partial charge is 0.0655 e. The van der Waals surface area contributed by atoms with Gasteiger partial charge in [0.05, 0.1) is 0 Å². The lowest BCUT2D eigenvalue weighted by Crippen LogP contribution is -1.90. The van der Waals surface area contributed by atoms with Crippen molar-refractivity contribution in [2.75, 3.05) is 0 Å². The number of hydrogen-bond acceptors (Lipinski definition) is 0. The number of hydrogen-bond donors (Lipinski definition) is 0. The highest BCUT2D eigenvalue weighted by Crippen LogP contribution is 2.36. The van der Waals surface area contributed by atoms with Crippen LogP contribution in [0.15, 0.2) is 42.0 Å². The second-order valence-electron chi connectivity index (χ2n) is 5.58. The molecule has 1 aliphatic carbocycles. The Morgan fingerprint density at radius 3 is 2.37 bits per heavy atom. The van der Waals surface area contributed by atoms with E-state index >= 15 is 0 Å². The molecule has 0 nitrogen and oxygen atoms in total. The Balaban J connectivity index is 2.16. The van der Waals surface area contributed by atoms with Crippen molar-refractivity contribution in [3.8, 4) is 11.1 Å². The number of allylic oxidation sites excluding steroid dienone is 1. The van der Waals surface area contributed by atoms with Crippen LogP contribution in [0.4, 0.5) is 0 Å². The van der Waals surface area contributed by atoms with E-state index in [9.17, 15) is 0 Å². The predicted molar refractivity (Wildman–Crippen MR) is 83.3 cm³/mol. The van der Waals surface area contributed by atoms with E-state index in [-0.39, 0.29) is 0 Å². The molecule has 0 heterocycles. The van der Waals surface area contributed by atoms with Gasteiger partial charge in [0.15, 0.2) is 0 Å². The second kappa shape index (κ2) is 4.70. The summed E-state index contributed by atoms with van der Waals surface area (Å²) in [6.45, 7) is 6.58. The normalized spacial score (nSPS) is 13.3. The molecule has 0 aromatic heterocycles. The van der Waals surface area contributed by atoms with Crippen molar-refractivity contribution in [1.29, 1.82) is 0 Å². The summed E-state index contributed by atoms with van der Waals surface area (Å²) < 4.78 is 0. The molecule has 0 amide bonds. The van der Waals surface area contributed by atoms with Crippen molar-refractivity contribution in [3.05, 3.63) is 64.2 Å². The Morgan fingerprint density at radius 1 is 0.947 bits per heavy atom. The van der Waals surface area contributed by atoms with Crippen LogP contribution in [0.5, 0.6) is 0 Å². The predicted octanol–water partition coefficient (Wildman–Crippen LogP) is 5.32. The molecule has 1 aliphatic rings. The number of fused-ring (bicyclic) bond motifs is 1. The lowest BCUT2D eigenvalue weighted by molar-refractivity contribution is 1.04. The number of aryl methyl sites for hydroxylation is 2. The molecule has 0 radical (unpaired) electrons. The maximum absolute atomic E-state index is 2.39. The zero-order valence-corrected chi connectivity index (χ0v) is 12.0. The van der Waals surface area contributed by atoms with Gasteiger partial charge in [0.2, 0.25) is 0 Å². The van der Waals surface area contributed by atoms with Crippen LogP contribution >= 0.6 is 0 Å². The molecular formula is C19H20. The summed E-state index contributed by atoms with van der Waals surface area (Å²) in [5.74, 6) is 0. The summed E-state index contributed by atoms with van der Waals surface area (Å²) in [5, 5.41) is 0. The van der Waals surface area contributed by atoms with E-state index in [1.807, 2.05) is 0 Å². The van der Waals surface area contributed by atoms with Crippen LogP contribution < -0.4 is 0 Å². The van der Waals surface area contributed by atoms with E-state index < -0.39 is 0 Å². The van der Waals surface area contributed by atoms with E-state index in [0.717, 1.165) is 12.8 Å². The van der Waals surface area contributed by atoms with Crippen LogP contribution in [-0.2, 0) is 6.42 Å². The summed E-state index contributed by atoms with van der Waals surface area (Å²) in [6.07, 6.45) is 4.68. The minimum absolute atomic E-state index is 1.13. The topological polar surface area (TPSA) is 0 Å². The van der Waals surface area contributed by atoms with E-state index in [0.29, 0.717) is 0 Å². The summed E-state index contributed by atoms with van der Waals surface area (Å²) in [7, 11) is 0. The van der Waals surface area contributed by atoms with Gasteiger partial charge in [0, 0.05) is 0 Å². The molecule has 0 unspecified atom stereocenters. The van der Waals surface area contributed by atoms with Gasteiger partial charge < -0.3 is 0 Å². The highest BCUT2D eigenvalue weighted by Gasteiger charge is 2.16. The Kier molecular flexibility index (Phi) is 3.02. The Hall–Kier alpha value is -1.82. The van der Waals surface area contributed by atoms with Gasteiger partial charge in [0.25, 0.3) is 0 Å². The van der Waals surface area contributed by atoms with Crippen LogP contribution in [0.25, 0.3) is 17.2 Å². The average Bonchev–Trinajstić information content (AvgIpc) is 2.81. The molecule has 19 heavy (non-hydrogen) atoms.